The van der Waals surface area contributed by atoms with Crippen LogP contribution in [-0.4, -0.2) is 38.3 Å². The fourth-order valence-electron chi connectivity index (χ4n) is 7.45. The van der Waals surface area contributed by atoms with Crippen LogP contribution in [0.3, 0.4) is 0 Å². The van der Waals surface area contributed by atoms with E-state index in [1.807, 2.05) is 0 Å². The molecule has 2 N–H and O–H groups in total. The van der Waals surface area contributed by atoms with E-state index in [1.54, 1.807) is 4.72 Å². The Labute approximate surface area is 196 Å². The summed E-state index contributed by atoms with van der Waals surface area (Å²) in [5, 5.41) is 10.7. The second-order valence-electron chi connectivity index (χ2n) is 10.5. The first-order valence-corrected chi connectivity index (χ1v) is 12.9. The molecule has 4 aliphatic rings. The highest BCUT2D eigenvalue weighted by atomic mass is 32.2. The number of benzene rings is 1. The van der Waals surface area contributed by atoms with Gasteiger partial charge in [-0.3, -0.25) is 4.79 Å². The quantitative estimate of drug-likeness (QED) is 0.637. The van der Waals surface area contributed by atoms with Crippen LogP contribution in [-0.2, 0) is 21.5 Å². The highest BCUT2D eigenvalue weighted by Gasteiger charge is 2.76. The Bertz CT molecular complexity index is 1140. The summed E-state index contributed by atoms with van der Waals surface area (Å²) in [5.41, 5.74) is 1.59. The normalized spacial score (nSPS) is 35.9. The first kappa shape index (κ1) is 23.7. The molecule has 0 radical (unpaired) electrons. The highest BCUT2D eigenvalue weighted by Crippen LogP contribution is 2.81. The molecule has 1 amide bonds. The number of fused-ring (bicyclic) bond motifs is 3. The molecule has 0 aliphatic heterocycles. The van der Waals surface area contributed by atoms with Crippen molar-refractivity contribution in [1.82, 2.24) is 4.72 Å². The average Bonchev–Trinajstić information content (AvgIpc) is 3.36. The average molecular weight is 504 g/mol. The topological polar surface area (TPSA) is 102 Å². The van der Waals surface area contributed by atoms with Gasteiger partial charge in [-0.2, -0.15) is 21.6 Å². The number of alkyl halides is 3. The summed E-state index contributed by atoms with van der Waals surface area (Å²) in [7, 11) is -4.58. The predicted molar refractivity (Wildman–Crippen MR) is 114 cm³/mol. The predicted octanol–water partition coefficient (Wildman–Crippen LogP) is 3.60. The molecular formula is C23H28F3NO6S. The lowest BCUT2D eigenvalue weighted by Crippen LogP contribution is -2.47. The number of aliphatic hydroxyl groups excluding tert-OH is 1. The van der Waals surface area contributed by atoms with E-state index in [1.165, 1.54) is 12.1 Å². The van der Waals surface area contributed by atoms with E-state index in [4.69, 9.17) is 8.92 Å². The molecule has 6 atom stereocenters. The van der Waals surface area contributed by atoms with Crippen LogP contribution in [0.4, 0.5) is 13.2 Å². The molecule has 0 aromatic heterocycles. The smallest absolute Gasteiger partial charge is 0.422 e. The lowest BCUT2D eigenvalue weighted by Gasteiger charge is -2.52. The van der Waals surface area contributed by atoms with E-state index in [9.17, 15) is 31.5 Å². The lowest BCUT2D eigenvalue weighted by atomic mass is 9.52. The SMILES string of the molecule is CC(=O)NS(=O)(=O)Oc1cc2c(cc1OCC(F)(F)F)C1CC[C@]3(C)[C@H](O)C[C@@H]4C[C@@]43C1CC2. The number of hydrogen-bond acceptors (Lipinski definition) is 6. The Hall–Kier alpha value is -2.01. The number of nitrogens with one attached hydrogen (secondary N) is 1. The zero-order valence-electron chi connectivity index (χ0n) is 18.9. The first-order valence-electron chi connectivity index (χ1n) is 11.5. The van der Waals surface area contributed by atoms with Gasteiger partial charge in [-0.15, -0.1) is 0 Å². The van der Waals surface area contributed by atoms with Crippen molar-refractivity contribution >= 4 is 16.2 Å². The summed E-state index contributed by atoms with van der Waals surface area (Å²) in [6.07, 6.45) is 0.0325. The summed E-state index contributed by atoms with van der Waals surface area (Å²) in [4.78, 5) is 11.2. The van der Waals surface area contributed by atoms with E-state index in [0.29, 0.717) is 18.3 Å². The number of rotatable bonds is 5. The van der Waals surface area contributed by atoms with Crippen molar-refractivity contribution in [2.45, 2.75) is 70.6 Å². The monoisotopic (exact) mass is 503 g/mol. The van der Waals surface area contributed by atoms with Gasteiger partial charge in [0.25, 0.3) is 0 Å². The molecule has 5 rings (SSSR count). The minimum atomic E-state index is -4.63. The third kappa shape index (κ3) is 3.66. The molecule has 2 unspecified atom stereocenters. The minimum Gasteiger partial charge on any atom is -0.480 e. The number of ether oxygens (including phenoxy) is 1. The first-order chi connectivity index (χ1) is 15.8. The molecule has 11 heteroatoms. The third-order valence-corrected chi connectivity index (χ3v) is 9.71. The standard InChI is InChI=1S/C23H28F3NO6S/c1-12(28)27-34(30,31)33-19-7-13-3-4-17-15(16(13)9-18(19)32-11-23(24,25)26)5-6-21(2)20(29)8-14-10-22(14,17)21/h7,9,14-15,17,20,29H,3-6,8,10-11H2,1-2H3,(H,27,28)/t14-,15?,17?,20-,21-,22+/m1/s1. The van der Waals surface area contributed by atoms with Crippen LogP contribution in [0.25, 0.3) is 0 Å². The van der Waals surface area contributed by atoms with Crippen LogP contribution in [0.2, 0.25) is 0 Å². The molecule has 1 spiro atoms. The molecule has 0 saturated heterocycles. The molecule has 1 aromatic carbocycles. The fraction of sp³-hybridized carbons (Fsp3) is 0.696. The van der Waals surface area contributed by atoms with Crippen molar-refractivity contribution in [3.8, 4) is 11.5 Å². The maximum atomic E-state index is 12.9. The second-order valence-corrected chi connectivity index (χ2v) is 11.8. The van der Waals surface area contributed by atoms with Crippen molar-refractivity contribution in [1.29, 1.82) is 0 Å². The Morgan fingerprint density at radius 3 is 2.68 bits per heavy atom. The number of hydrogen-bond donors (Lipinski definition) is 2. The second kappa shape index (κ2) is 7.49. The van der Waals surface area contributed by atoms with Gasteiger partial charge in [0.2, 0.25) is 5.91 Å². The van der Waals surface area contributed by atoms with Crippen molar-refractivity contribution in [2.24, 2.45) is 22.7 Å². The Morgan fingerprint density at radius 2 is 2.00 bits per heavy atom. The van der Waals surface area contributed by atoms with E-state index in [2.05, 4.69) is 6.92 Å². The zero-order valence-corrected chi connectivity index (χ0v) is 19.8. The van der Waals surface area contributed by atoms with E-state index < -0.39 is 29.0 Å². The van der Waals surface area contributed by atoms with Crippen molar-refractivity contribution in [3.63, 3.8) is 0 Å². The van der Waals surface area contributed by atoms with Crippen molar-refractivity contribution < 1.29 is 40.4 Å². The summed E-state index contributed by atoms with van der Waals surface area (Å²) >= 11 is 0. The van der Waals surface area contributed by atoms with Gasteiger partial charge < -0.3 is 14.0 Å². The Kier molecular flexibility index (Phi) is 5.23. The highest BCUT2D eigenvalue weighted by molar-refractivity contribution is 7.85. The maximum absolute atomic E-state index is 12.9. The molecule has 0 bridgehead atoms. The van der Waals surface area contributed by atoms with Gasteiger partial charge in [0.1, 0.15) is 0 Å². The van der Waals surface area contributed by atoms with Gasteiger partial charge in [0.15, 0.2) is 18.1 Å². The largest absolute Gasteiger partial charge is 0.480 e. The number of amides is 1. The van der Waals surface area contributed by atoms with Crippen molar-refractivity contribution in [3.05, 3.63) is 23.3 Å². The molecule has 7 nitrogen and oxygen atoms in total. The molecule has 3 saturated carbocycles. The number of aryl methyl sites for hydroxylation is 1. The molecule has 1 aromatic rings. The van der Waals surface area contributed by atoms with Crippen LogP contribution in [0.1, 0.15) is 63.0 Å². The maximum Gasteiger partial charge on any atom is 0.422 e. The summed E-state index contributed by atoms with van der Waals surface area (Å²) in [6, 6.07) is 2.91. The zero-order chi connectivity index (χ0) is 24.7. The van der Waals surface area contributed by atoms with Gasteiger partial charge in [-0.05, 0) is 90.4 Å². The molecular weight excluding hydrogens is 475 g/mol. The third-order valence-electron chi connectivity index (χ3n) is 8.77. The van der Waals surface area contributed by atoms with Crippen molar-refractivity contribution in [2.75, 3.05) is 6.61 Å². The Morgan fingerprint density at radius 1 is 1.26 bits per heavy atom. The van der Waals surface area contributed by atoms with Gasteiger partial charge in [-0.1, -0.05) is 6.92 Å². The van der Waals surface area contributed by atoms with E-state index in [-0.39, 0.29) is 34.4 Å². The van der Waals surface area contributed by atoms with Crippen LogP contribution in [0.5, 0.6) is 11.5 Å². The number of aliphatic hydroxyl groups is 1. The van der Waals surface area contributed by atoms with Crippen LogP contribution in [0, 0.1) is 22.7 Å². The van der Waals surface area contributed by atoms with E-state index >= 15 is 0 Å². The van der Waals surface area contributed by atoms with Gasteiger partial charge in [-0.25, -0.2) is 4.72 Å². The summed E-state index contributed by atoms with van der Waals surface area (Å²) in [6.45, 7) is 1.56. The molecule has 3 fully saturated rings. The molecule has 34 heavy (non-hydrogen) atoms. The minimum absolute atomic E-state index is 0.0595. The van der Waals surface area contributed by atoms with Gasteiger partial charge in [0.05, 0.1) is 6.10 Å². The van der Waals surface area contributed by atoms with Crippen LogP contribution in [0.15, 0.2) is 12.1 Å². The van der Waals surface area contributed by atoms with Gasteiger partial charge >= 0.3 is 16.5 Å². The number of halogens is 3. The molecule has 0 heterocycles. The van der Waals surface area contributed by atoms with Crippen LogP contribution < -0.4 is 13.6 Å². The summed E-state index contributed by atoms with van der Waals surface area (Å²) < 4.78 is 74.6. The molecule has 188 valence electrons. The van der Waals surface area contributed by atoms with E-state index in [0.717, 1.165) is 50.2 Å². The number of carbonyl (C=O) groups excluding carboxylic acids is 1. The molecule has 4 aliphatic carbocycles. The van der Waals surface area contributed by atoms with Gasteiger partial charge in [0, 0.05) is 6.92 Å². The van der Waals surface area contributed by atoms with Crippen LogP contribution >= 0.6 is 0 Å². The lowest BCUT2D eigenvalue weighted by molar-refractivity contribution is -0.153. The number of carbonyl (C=O) groups is 1. The summed E-state index contributed by atoms with van der Waals surface area (Å²) in [5.74, 6) is -0.702. The fourth-order valence-corrected chi connectivity index (χ4v) is 8.21. The Balaban J connectivity index is 1.51.